The molecule has 0 N–H and O–H groups in total. The molecule has 0 spiro atoms. The largest absolute Gasteiger partial charge is 0.391 e. The van der Waals surface area contributed by atoms with Gasteiger partial charge < -0.3 is 4.57 Å². The van der Waals surface area contributed by atoms with Crippen molar-refractivity contribution in [3.05, 3.63) is 51.8 Å². The highest BCUT2D eigenvalue weighted by Crippen LogP contribution is 2.29. The molecule has 0 fully saturated rings. The molecule has 1 atom stereocenters. The van der Waals surface area contributed by atoms with Gasteiger partial charge in [-0.15, -0.1) is 0 Å². The number of aromatic nitrogens is 4. The zero-order valence-corrected chi connectivity index (χ0v) is 15.6. The van der Waals surface area contributed by atoms with Gasteiger partial charge in [0.2, 0.25) is 0 Å². The van der Waals surface area contributed by atoms with Crippen LogP contribution in [0.5, 0.6) is 0 Å². The van der Waals surface area contributed by atoms with Crippen molar-refractivity contribution in [2.45, 2.75) is 39.4 Å². The monoisotopic (exact) mass is 398 g/mol. The Kier molecular flexibility index (Phi) is 5.28. The molecule has 0 aliphatic rings. The van der Waals surface area contributed by atoms with Crippen molar-refractivity contribution >= 4 is 22.8 Å². The van der Waals surface area contributed by atoms with Gasteiger partial charge in [-0.25, -0.2) is 9.97 Å². The van der Waals surface area contributed by atoms with Gasteiger partial charge in [-0.1, -0.05) is 18.5 Å². The highest BCUT2D eigenvalue weighted by Gasteiger charge is 2.35. The molecule has 0 bridgehead atoms. The standard InChI is InChI=1S/C18H18ClF3N4O/c1-3-25-10-23-15-16(25)24-14(9-4-11(2)18(20,21)22)26(17(15)27)13-7-5-12(19)6-8-13/h5-8,10-11H,3-4,9H2,1-2H3. The van der Waals surface area contributed by atoms with Crippen LogP contribution in [0.1, 0.15) is 26.1 Å². The molecule has 2 aromatic heterocycles. The molecule has 1 unspecified atom stereocenters. The quantitative estimate of drug-likeness (QED) is 0.640. The van der Waals surface area contributed by atoms with Crippen molar-refractivity contribution < 1.29 is 13.2 Å². The summed E-state index contributed by atoms with van der Waals surface area (Å²) < 4.78 is 41.7. The highest BCUT2D eigenvalue weighted by atomic mass is 35.5. The number of nitrogens with zero attached hydrogens (tertiary/aromatic N) is 4. The zero-order valence-electron chi connectivity index (χ0n) is 14.8. The van der Waals surface area contributed by atoms with Crippen LogP contribution in [0.15, 0.2) is 35.4 Å². The van der Waals surface area contributed by atoms with Crippen LogP contribution in [-0.4, -0.2) is 25.3 Å². The summed E-state index contributed by atoms with van der Waals surface area (Å²) in [5.41, 5.74) is 0.630. The molecule has 5 nitrogen and oxygen atoms in total. The number of alkyl halides is 3. The summed E-state index contributed by atoms with van der Waals surface area (Å²) in [6, 6.07) is 6.48. The van der Waals surface area contributed by atoms with E-state index >= 15 is 0 Å². The SMILES string of the molecule is CCn1cnc2c(=O)n(-c3ccc(Cl)cc3)c(CCC(C)C(F)(F)F)nc21. The first kappa shape index (κ1) is 19.4. The molecule has 0 saturated carbocycles. The maximum absolute atomic E-state index is 13.0. The van der Waals surface area contributed by atoms with Gasteiger partial charge in [0.1, 0.15) is 5.82 Å². The first-order chi connectivity index (χ1) is 12.7. The lowest BCUT2D eigenvalue weighted by atomic mass is 10.0. The summed E-state index contributed by atoms with van der Waals surface area (Å²) in [6.07, 6.45) is -2.95. The van der Waals surface area contributed by atoms with Gasteiger partial charge in [-0.2, -0.15) is 13.2 Å². The van der Waals surface area contributed by atoms with E-state index in [4.69, 9.17) is 11.6 Å². The fraction of sp³-hybridized carbons (Fsp3) is 0.389. The molecule has 0 amide bonds. The van der Waals surface area contributed by atoms with E-state index in [0.717, 1.165) is 6.92 Å². The summed E-state index contributed by atoms with van der Waals surface area (Å²) >= 11 is 5.91. The van der Waals surface area contributed by atoms with Crippen LogP contribution in [0.25, 0.3) is 16.9 Å². The Morgan fingerprint density at radius 3 is 2.48 bits per heavy atom. The molecular weight excluding hydrogens is 381 g/mol. The molecule has 3 aromatic rings. The summed E-state index contributed by atoms with van der Waals surface area (Å²) in [7, 11) is 0. The van der Waals surface area contributed by atoms with Crippen LogP contribution >= 0.6 is 11.6 Å². The molecule has 0 radical (unpaired) electrons. The summed E-state index contributed by atoms with van der Waals surface area (Å²) in [5.74, 6) is -1.24. The fourth-order valence-electron chi connectivity index (χ4n) is 2.80. The van der Waals surface area contributed by atoms with E-state index in [9.17, 15) is 18.0 Å². The summed E-state index contributed by atoms with van der Waals surface area (Å²) in [4.78, 5) is 21.6. The minimum absolute atomic E-state index is 0.00335. The predicted molar refractivity (Wildman–Crippen MR) is 97.3 cm³/mol. The molecule has 27 heavy (non-hydrogen) atoms. The number of imidazole rings is 1. The normalized spacial score (nSPS) is 13.3. The average molecular weight is 399 g/mol. The van der Waals surface area contributed by atoms with Crippen LogP contribution in [0.3, 0.4) is 0 Å². The van der Waals surface area contributed by atoms with Crippen LogP contribution < -0.4 is 5.56 Å². The Hall–Kier alpha value is -2.35. The smallest absolute Gasteiger partial charge is 0.315 e. The van der Waals surface area contributed by atoms with E-state index in [2.05, 4.69) is 9.97 Å². The Balaban J connectivity index is 2.14. The molecule has 1 aromatic carbocycles. The molecule has 0 aliphatic heterocycles. The Labute approximate surface area is 158 Å². The topological polar surface area (TPSA) is 52.7 Å². The molecule has 3 rings (SSSR count). The van der Waals surface area contributed by atoms with E-state index in [1.807, 2.05) is 6.92 Å². The minimum atomic E-state index is -4.29. The zero-order chi connectivity index (χ0) is 19.8. The molecule has 2 heterocycles. The van der Waals surface area contributed by atoms with E-state index in [-0.39, 0.29) is 24.2 Å². The van der Waals surface area contributed by atoms with Crippen molar-refractivity contribution in [1.29, 1.82) is 0 Å². The molecule has 9 heteroatoms. The van der Waals surface area contributed by atoms with E-state index < -0.39 is 17.7 Å². The third-order valence-electron chi connectivity index (χ3n) is 4.49. The average Bonchev–Trinajstić information content (AvgIpc) is 3.03. The van der Waals surface area contributed by atoms with Gasteiger partial charge in [-0.3, -0.25) is 9.36 Å². The minimum Gasteiger partial charge on any atom is -0.315 e. The van der Waals surface area contributed by atoms with Gasteiger partial charge in [-0.05, 0) is 37.6 Å². The Bertz CT molecular complexity index is 1010. The van der Waals surface area contributed by atoms with Crippen molar-refractivity contribution in [2.24, 2.45) is 5.92 Å². The second kappa shape index (κ2) is 7.34. The van der Waals surface area contributed by atoms with Crippen molar-refractivity contribution in [2.75, 3.05) is 0 Å². The third-order valence-corrected chi connectivity index (χ3v) is 4.75. The number of rotatable bonds is 5. The van der Waals surface area contributed by atoms with Crippen molar-refractivity contribution in [3.8, 4) is 5.69 Å². The van der Waals surface area contributed by atoms with E-state index in [1.54, 1.807) is 28.8 Å². The van der Waals surface area contributed by atoms with E-state index in [0.29, 0.717) is 22.9 Å². The van der Waals surface area contributed by atoms with Crippen molar-refractivity contribution in [3.63, 3.8) is 0 Å². The van der Waals surface area contributed by atoms with Crippen LogP contribution in [0, 0.1) is 5.92 Å². The summed E-state index contributed by atoms with van der Waals surface area (Å²) in [6.45, 7) is 3.55. The van der Waals surface area contributed by atoms with Gasteiger partial charge in [0.05, 0.1) is 17.9 Å². The number of benzene rings is 1. The van der Waals surface area contributed by atoms with Crippen molar-refractivity contribution in [1.82, 2.24) is 19.1 Å². The van der Waals surface area contributed by atoms with Crippen LogP contribution in [0.2, 0.25) is 5.02 Å². The maximum atomic E-state index is 13.0. The number of fused-ring (bicyclic) bond motifs is 1. The van der Waals surface area contributed by atoms with Gasteiger partial charge in [0, 0.05) is 18.0 Å². The number of hydrogen-bond donors (Lipinski definition) is 0. The van der Waals surface area contributed by atoms with Gasteiger partial charge in [0.15, 0.2) is 11.2 Å². The molecule has 144 valence electrons. The first-order valence-corrected chi connectivity index (χ1v) is 8.89. The summed E-state index contributed by atoms with van der Waals surface area (Å²) in [5, 5.41) is 0.489. The second-order valence-electron chi connectivity index (χ2n) is 6.33. The van der Waals surface area contributed by atoms with E-state index in [1.165, 1.54) is 10.9 Å². The molecular formula is C18H18ClF3N4O. The lowest BCUT2D eigenvalue weighted by Crippen LogP contribution is -2.26. The Morgan fingerprint density at radius 2 is 1.89 bits per heavy atom. The third kappa shape index (κ3) is 3.85. The van der Waals surface area contributed by atoms with Crippen LogP contribution in [0.4, 0.5) is 13.2 Å². The fourth-order valence-corrected chi connectivity index (χ4v) is 2.93. The highest BCUT2D eigenvalue weighted by molar-refractivity contribution is 6.30. The first-order valence-electron chi connectivity index (χ1n) is 8.51. The number of hydrogen-bond acceptors (Lipinski definition) is 3. The molecule has 0 aliphatic carbocycles. The lowest BCUT2D eigenvalue weighted by molar-refractivity contribution is -0.171. The lowest BCUT2D eigenvalue weighted by Gasteiger charge is -2.17. The maximum Gasteiger partial charge on any atom is 0.391 e. The van der Waals surface area contributed by atoms with Gasteiger partial charge >= 0.3 is 6.18 Å². The second-order valence-corrected chi connectivity index (χ2v) is 6.77. The van der Waals surface area contributed by atoms with Crippen LogP contribution in [-0.2, 0) is 13.0 Å². The number of halogens is 4. The van der Waals surface area contributed by atoms with Gasteiger partial charge in [0.25, 0.3) is 5.56 Å². The molecule has 0 saturated heterocycles. The Morgan fingerprint density at radius 1 is 1.22 bits per heavy atom. The predicted octanol–water partition coefficient (Wildman–Crippen LogP) is 4.39. The number of aryl methyl sites for hydroxylation is 2.